The molecule has 0 saturated carbocycles. The first-order valence-electron chi connectivity index (χ1n) is 8.12. The van der Waals surface area contributed by atoms with Gasteiger partial charge in [-0.3, -0.25) is 20.2 Å². The van der Waals surface area contributed by atoms with Crippen molar-refractivity contribution in [3.63, 3.8) is 0 Å². The molecule has 0 aliphatic heterocycles. The number of nitrogens with zero attached hydrogens (tertiary/aromatic N) is 2. The molecule has 0 aliphatic carbocycles. The first-order valence-corrected chi connectivity index (χ1v) is 8.12. The number of ether oxygens (including phenoxy) is 1. The molecule has 0 N–H and O–H groups in total. The van der Waals surface area contributed by atoms with Crippen LogP contribution in [0.5, 0.6) is 5.75 Å². The lowest BCUT2D eigenvalue weighted by molar-refractivity contribution is -0.394. The van der Waals surface area contributed by atoms with Crippen LogP contribution in [0.15, 0.2) is 18.2 Å². The van der Waals surface area contributed by atoms with E-state index in [1.54, 1.807) is 0 Å². The van der Waals surface area contributed by atoms with Crippen LogP contribution in [0.25, 0.3) is 0 Å². The largest absolute Gasteiger partial charge is 0.487 e. The fraction of sp³-hybridized carbons (Fsp3) is 0.625. The van der Waals surface area contributed by atoms with Gasteiger partial charge < -0.3 is 4.74 Å². The third-order valence-corrected chi connectivity index (χ3v) is 3.61. The summed E-state index contributed by atoms with van der Waals surface area (Å²) in [6, 6.07) is 3.44. The van der Waals surface area contributed by atoms with E-state index in [0.717, 1.165) is 25.3 Å². The van der Waals surface area contributed by atoms with Gasteiger partial charge in [-0.2, -0.15) is 0 Å². The van der Waals surface area contributed by atoms with Gasteiger partial charge in [-0.05, 0) is 12.5 Å². The van der Waals surface area contributed by atoms with Crippen molar-refractivity contribution in [2.24, 2.45) is 0 Å². The van der Waals surface area contributed by atoms with Gasteiger partial charge >= 0.3 is 5.69 Å². The molecule has 0 atom stereocenters. The average Bonchev–Trinajstić information content (AvgIpc) is 2.53. The zero-order valence-corrected chi connectivity index (χ0v) is 13.5. The summed E-state index contributed by atoms with van der Waals surface area (Å²) in [6.45, 7) is 2.57. The minimum Gasteiger partial charge on any atom is -0.487 e. The highest BCUT2D eigenvalue weighted by Crippen LogP contribution is 2.31. The van der Waals surface area contributed by atoms with E-state index in [-0.39, 0.29) is 17.1 Å². The van der Waals surface area contributed by atoms with Crippen LogP contribution < -0.4 is 4.74 Å². The van der Waals surface area contributed by atoms with Gasteiger partial charge in [0.15, 0.2) is 5.75 Å². The van der Waals surface area contributed by atoms with E-state index in [1.807, 2.05) is 0 Å². The van der Waals surface area contributed by atoms with Gasteiger partial charge in [-0.25, -0.2) is 0 Å². The Morgan fingerprint density at radius 2 is 1.52 bits per heavy atom. The lowest BCUT2D eigenvalue weighted by atomic mass is 10.1. The third kappa shape index (κ3) is 7.08. The first kappa shape index (κ1) is 18.9. The molecule has 0 aliphatic rings. The van der Waals surface area contributed by atoms with Crippen molar-refractivity contribution in [1.29, 1.82) is 0 Å². The van der Waals surface area contributed by atoms with Crippen molar-refractivity contribution >= 4 is 11.4 Å². The maximum Gasteiger partial charge on any atom is 0.317 e. The van der Waals surface area contributed by atoms with E-state index in [1.165, 1.54) is 44.2 Å². The predicted octanol–water partition coefficient (Wildman–Crippen LogP) is 5.02. The number of hydrogen-bond acceptors (Lipinski definition) is 5. The van der Waals surface area contributed by atoms with Gasteiger partial charge in [-0.1, -0.05) is 51.9 Å². The standard InChI is InChI=1S/C16H24N2O5/c1-2-3-4-5-6-7-8-9-12-23-16-11-10-14(17(19)20)13-15(16)18(21)22/h10-11,13H,2-9,12H2,1H3. The molecular weight excluding hydrogens is 300 g/mol. The van der Waals surface area contributed by atoms with Crippen molar-refractivity contribution in [3.8, 4) is 5.75 Å². The second-order valence-electron chi connectivity index (χ2n) is 5.49. The van der Waals surface area contributed by atoms with Crippen LogP contribution in [0, 0.1) is 20.2 Å². The summed E-state index contributed by atoms with van der Waals surface area (Å²) in [5, 5.41) is 21.6. The molecule has 1 aromatic rings. The van der Waals surface area contributed by atoms with Gasteiger partial charge in [-0.15, -0.1) is 0 Å². The summed E-state index contributed by atoms with van der Waals surface area (Å²) < 4.78 is 5.41. The van der Waals surface area contributed by atoms with Crippen LogP contribution >= 0.6 is 0 Å². The summed E-state index contributed by atoms with van der Waals surface area (Å²) in [6.07, 6.45) is 9.24. The Balaban J connectivity index is 2.34. The molecule has 0 fully saturated rings. The van der Waals surface area contributed by atoms with Crippen molar-refractivity contribution in [2.45, 2.75) is 58.3 Å². The molecule has 0 heterocycles. The normalized spacial score (nSPS) is 10.5. The molecule has 0 bridgehead atoms. The molecular formula is C16H24N2O5. The molecule has 0 spiro atoms. The number of benzene rings is 1. The molecule has 0 saturated heterocycles. The van der Waals surface area contributed by atoms with Crippen LogP contribution in [0.4, 0.5) is 11.4 Å². The van der Waals surface area contributed by atoms with Gasteiger partial charge in [0, 0.05) is 6.07 Å². The van der Waals surface area contributed by atoms with Crippen LogP contribution in [0.2, 0.25) is 0 Å². The molecule has 7 nitrogen and oxygen atoms in total. The topological polar surface area (TPSA) is 95.5 Å². The van der Waals surface area contributed by atoms with Crippen LogP contribution in [0.3, 0.4) is 0 Å². The number of nitro groups is 2. The summed E-state index contributed by atoms with van der Waals surface area (Å²) in [7, 11) is 0. The first-order chi connectivity index (χ1) is 11.1. The molecule has 0 amide bonds. The lowest BCUT2D eigenvalue weighted by Gasteiger charge is -2.06. The number of rotatable bonds is 12. The summed E-state index contributed by atoms with van der Waals surface area (Å²) in [4.78, 5) is 20.3. The van der Waals surface area contributed by atoms with Crippen LogP contribution in [-0.4, -0.2) is 16.5 Å². The third-order valence-electron chi connectivity index (χ3n) is 3.61. The number of non-ortho nitro benzene ring substituents is 1. The van der Waals surface area contributed by atoms with E-state index >= 15 is 0 Å². The number of hydrogen-bond donors (Lipinski definition) is 0. The van der Waals surface area contributed by atoms with E-state index in [2.05, 4.69) is 6.92 Å². The van der Waals surface area contributed by atoms with Crippen molar-refractivity contribution in [3.05, 3.63) is 38.4 Å². The Morgan fingerprint density at radius 3 is 2.09 bits per heavy atom. The van der Waals surface area contributed by atoms with Crippen molar-refractivity contribution < 1.29 is 14.6 Å². The van der Waals surface area contributed by atoms with Crippen LogP contribution in [0.1, 0.15) is 58.3 Å². The maximum atomic E-state index is 11.0. The Bertz CT molecular complexity index is 519. The number of nitro benzene ring substituents is 2. The fourth-order valence-corrected chi connectivity index (χ4v) is 2.30. The van der Waals surface area contributed by atoms with E-state index in [0.29, 0.717) is 6.61 Å². The monoisotopic (exact) mass is 324 g/mol. The highest BCUT2D eigenvalue weighted by atomic mass is 16.6. The van der Waals surface area contributed by atoms with Crippen LogP contribution in [-0.2, 0) is 0 Å². The van der Waals surface area contributed by atoms with E-state index in [4.69, 9.17) is 4.74 Å². The minimum absolute atomic E-state index is 0.0866. The van der Waals surface area contributed by atoms with Crippen molar-refractivity contribution in [1.82, 2.24) is 0 Å². The highest BCUT2D eigenvalue weighted by Gasteiger charge is 2.20. The minimum atomic E-state index is -0.657. The zero-order chi connectivity index (χ0) is 17.1. The highest BCUT2D eigenvalue weighted by molar-refractivity contribution is 5.53. The smallest absolute Gasteiger partial charge is 0.317 e. The fourth-order valence-electron chi connectivity index (χ4n) is 2.30. The second-order valence-corrected chi connectivity index (χ2v) is 5.49. The molecule has 7 heteroatoms. The molecule has 0 aromatic heterocycles. The van der Waals surface area contributed by atoms with E-state index < -0.39 is 9.85 Å². The average molecular weight is 324 g/mol. The summed E-state index contributed by atoms with van der Waals surface area (Å²) in [5.41, 5.74) is -0.671. The van der Waals surface area contributed by atoms with Gasteiger partial charge in [0.1, 0.15) is 0 Å². The molecule has 1 aromatic carbocycles. The lowest BCUT2D eigenvalue weighted by Crippen LogP contribution is -2.01. The Morgan fingerprint density at radius 1 is 0.913 bits per heavy atom. The SMILES string of the molecule is CCCCCCCCCCOc1ccc([N+](=O)[O-])cc1[N+](=O)[O-]. The van der Waals surface area contributed by atoms with Gasteiger partial charge in [0.2, 0.25) is 0 Å². The number of unbranched alkanes of at least 4 members (excludes halogenated alkanes) is 7. The summed E-state index contributed by atoms with van der Waals surface area (Å²) in [5.74, 6) is 0.0866. The Kier molecular flexibility index (Phi) is 8.64. The van der Waals surface area contributed by atoms with Gasteiger partial charge in [0.05, 0.1) is 22.5 Å². The molecule has 1 rings (SSSR count). The van der Waals surface area contributed by atoms with E-state index in [9.17, 15) is 20.2 Å². The zero-order valence-electron chi connectivity index (χ0n) is 13.5. The Hall–Kier alpha value is -2.18. The van der Waals surface area contributed by atoms with Crippen molar-refractivity contribution in [2.75, 3.05) is 6.61 Å². The van der Waals surface area contributed by atoms with Gasteiger partial charge in [0.25, 0.3) is 5.69 Å². The quantitative estimate of drug-likeness (QED) is 0.305. The molecule has 0 radical (unpaired) electrons. The maximum absolute atomic E-state index is 11.0. The summed E-state index contributed by atoms with van der Waals surface area (Å²) >= 11 is 0. The second kappa shape index (κ2) is 10.5. The Labute approximate surface area is 136 Å². The predicted molar refractivity (Wildman–Crippen MR) is 87.9 cm³/mol. The molecule has 23 heavy (non-hydrogen) atoms. The molecule has 0 unspecified atom stereocenters. The molecule has 128 valence electrons.